The molecule has 11 atom stereocenters. The van der Waals surface area contributed by atoms with Crippen molar-refractivity contribution in [2.24, 2.45) is 60.0 Å². The lowest BCUT2D eigenvalue weighted by atomic mass is 8.64. The standard InChI is InChI=1S/C25H32BN2.C24H31N2.C17H23BN.C14H17N2.C9H13BN.C7H12BN2.3B9/c1-16(2)21-14-20(19-10-8-7-9-11-19)15-22(17(3)4)24(21)28-13-12-27(6)25(28)23-18(5)26-23;1-15(2)18-10-9-11-19(16(3)4)23(18)26-22-13-8-7-12-21(22)25(6)24(26)20-14-17(20)5;1-11(2)7-13-5-6-14-10-19(4)16(9-15(14)8-13)17-12(3)18-17;1-11-8-14(11)16-10-13(9-15(16)2)12-6-4-3-5-7-12;1-10-7-8(10)9-5-3-4-6-11(9)2;1-6-7(8-6)10-5-3-4-9(10)2;3*1-6-9(7(2)3)8(4)5/h7-18,23,26H,1-6H3;7-13,15-17,20H,14H2,1-6H3;5-6,8-12,17-18H,7H2,1-4H3;3-7,9-11,14H,8H2,1-2H3;3-6,8H,7H2,1-2H3;3-8H,1-2H3;;;/q6*+1;;;. The van der Waals surface area contributed by atoms with Gasteiger partial charge in [-0.05, 0) is 124 Å². The summed E-state index contributed by atoms with van der Waals surface area (Å²) in [5.41, 5.74) is 20.9. The molecule has 137 heavy (non-hydrogen) atoms. The summed E-state index contributed by atoms with van der Waals surface area (Å²) in [5.74, 6) is 13.4. The average molecular weight is 1760 g/mol. The number of rotatable bonds is 25. The van der Waals surface area contributed by atoms with E-state index in [0.29, 0.717) is 41.4 Å². The summed E-state index contributed by atoms with van der Waals surface area (Å²) < 4.78 is 23.4. The van der Waals surface area contributed by atoms with Gasteiger partial charge in [-0.3, -0.25) is 0 Å². The fourth-order valence-corrected chi connectivity index (χ4v) is 18.9. The van der Waals surface area contributed by atoms with Gasteiger partial charge in [0.05, 0.1) is 50.0 Å². The van der Waals surface area contributed by atoms with E-state index in [9.17, 15) is 0 Å². The van der Waals surface area contributed by atoms with Gasteiger partial charge in [0.25, 0.3) is 11.6 Å². The van der Waals surface area contributed by atoms with Gasteiger partial charge >= 0.3 is 0 Å². The number of hydrogen-bond acceptors (Lipinski definition) is 0. The Balaban J connectivity index is 0.000000165. The van der Waals surface area contributed by atoms with Crippen LogP contribution in [0, 0.1) is 17.8 Å². The molecule has 33 radical (unpaired) electrons. The molecule has 649 valence electrons. The Hall–Kier alpha value is -7.01. The number of para-hydroxylation sites is 3. The van der Waals surface area contributed by atoms with Crippen molar-refractivity contribution in [3.8, 4) is 33.6 Å². The second-order valence-electron chi connectivity index (χ2n) is 41.8. The number of aryl methyl sites for hydroxylation is 6. The second-order valence-corrected chi connectivity index (χ2v) is 41.8. The van der Waals surface area contributed by atoms with E-state index >= 15 is 0 Å². The number of aromatic nitrogens is 10. The molecule has 0 bridgehead atoms. The lowest BCUT2D eigenvalue weighted by molar-refractivity contribution is -0.754. The van der Waals surface area contributed by atoms with Crippen LogP contribution in [0.1, 0.15) is 227 Å². The number of imidazole rings is 2. The highest BCUT2D eigenvalue weighted by Crippen LogP contribution is 2.50. The second kappa shape index (κ2) is 51.3. The molecule has 0 amide bonds. The van der Waals surface area contributed by atoms with E-state index < -0.39 is 38.3 Å². The van der Waals surface area contributed by atoms with Crippen LogP contribution in [0.15, 0.2) is 213 Å². The van der Waals surface area contributed by atoms with Gasteiger partial charge in [-0.1, -0.05) is 238 Å². The van der Waals surface area contributed by atoms with Gasteiger partial charge in [-0.25, -0.2) is 18.3 Å². The van der Waals surface area contributed by atoms with Gasteiger partial charge < -0.3 is 0 Å². The minimum Gasteiger partial charge on any atom is -0.237 e. The highest BCUT2D eigenvalue weighted by molar-refractivity contribution is 7.95. The molecule has 18 rings (SSSR count). The molecule has 6 aliphatic rings. The van der Waals surface area contributed by atoms with Crippen molar-refractivity contribution < 1.29 is 27.6 Å². The molecule has 2 aliphatic carbocycles. The van der Waals surface area contributed by atoms with Crippen molar-refractivity contribution in [1.82, 2.24) is 18.5 Å². The number of fused-ring (bicyclic) bond motifs is 2. The summed E-state index contributed by atoms with van der Waals surface area (Å²) in [6.45, 7) is 38.0. The highest BCUT2D eigenvalue weighted by atomic mass is 15.4. The van der Waals surface area contributed by atoms with Crippen LogP contribution in [0.25, 0.3) is 55.4 Å². The average Bonchev–Trinajstić information content (AvgIpc) is 1.56. The largest absolute Gasteiger partial charge is 0.265 e. The number of benzene rings is 6. The predicted octanol–water partition coefficient (Wildman–Crippen LogP) is 8.12. The number of pyridine rings is 2. The maximum Gasteiger partial charge on any atom is 0.265 e. The first kappa shape index (κ1) is 112. The molecule has 4 aliphatic heterocycles. The fraction of sp³-hybridized carbons (Fsp3) is 0.438. The Morgan fingerprint density at radius 3 is 1.33 bits per heavy atom. The Kier molecular flexibility index (Phi) is 41.9. The molecule has 10 nitrogen and oxygen atoms in total. The summed E-state index contributed by atoms with van der Waals surface area (Å²) in [6, 6.07) is 60.5. The van der Waals surface area contributed by atoms with Crippen molar-refractivity contribution in [3.63, 3.8) is 0 Å². The third kappa shape index (κ3) is 30.1. The normalized spacial score (nSPS) is 18.8. The van der Waals surface area contributed by atoms with Crippen LogP contribution in [0.2, 0.25) is 30.6 Å². The zero-order valence-electron chi connectivity index (χ0n) is 86.5. The molecule has 10 heterocycles. The lowest BCUT2D eigenvalue weighted by Gasteiger charge is -2.20. The summed E-state index contributed by atoms with van der Waals surface area (Å²) in [5, 5.41) is 2.76. The zero-order valence-corrected chi connectivity index (χ0v) is 86.5. The van der Waals surface area contributed by atoms with Gasteiger partial charge in [-0.15, -0.1) is 9.36 Å². The predicted molar refractivity (Wildman–Crippen MR) is 619 cm³/mol. The van der Waals surface area contributed by atoms with Gasteiger partial charge in [0, 0.05) is 264 Å². The van der Waals surface area contributed by atoms with Crippen molar-refractivity contribution in [3.05, 3.63) is 264 Å². The highest BCUT2D eigenvalue weighted by Gasteiger charge is 2.48. The first-order valence-corrected chi connectivity index (χ1v) is 50.1. The van der Waals surface area contributed by atoms with Gasteiger partial charge in [-0.2, -0.15) is 18.5 Å². The van der Waals surface area contributed by atoms with E-state index in [4.69, 9.17) is 116 Å². The van der Waals surface area contributed by atoms with Crippen LogP contribution in [0.3, 0.4) is 0 Å². The van der Waals surface area contributed by atoms with Crippen LogP contribution < -0.4 is 27.6 Å². The Bertz CT molecular complexity index is 5690. The van der Waals surface area contributed by atoms with Crippen LogP contribution in [-0.2, 0) is 48.7 Å². The third-order valence-corrected chi connectivity index (χ3v) is 28.3. The van der Waals surface area contributed by atoms with Gasteiger partial charge in [0.15, 0.2) is 69.1 Å². The molecule has 12 aromatic rings. The molecule has 6 aromatic heterocycles. The molecule has 0 spiro atoms. The maximum absolute atomic E-state index is 5.25. The minimum absolute atomic E-state index is 0.315. The lowest BCUT2D eigenvalue weighted by Crippen LogP contribution is -2.55. The van der Waals surface area contributed by atoms with Crippen molar-refractivity contribution in [1.29, 1.82) is 0 Å². The van der Waals surface area contributed by atoms with E-state index in [0.717, 1.165) is 59.5 Å². The summed E-state index contributed by atoms with van der Waals surface area (Å²) >= 11 is 0. The Morgan fingerprint density at radius 2 is 0.912 bits per heavy atom. The number of nitrogens with zero attached hydrogens (tertiary/aromatic N) is 10. The van der Waals surface area contributed by atoms with E-state index in [1.807, 2.05) is 0 Å². The summed E-state index contributed by atoms with van der Waals surface area (Å²) in [4.78, 5) is 0. The van der Waals surface area contributed by atoms with Crippen LogP contribution in [0.4, 0.5) is 0 Å². The fourth-order valence-electron chi connectivity index (χ4n) is 18.9. The van der Waals surface area contributed by atoms with Crippen molar-refractivity contribution in [2.75, 3.05) is 0 Å². The molecule has 4 saturated heterocycles. The Morgan fingerprint density at radius 1 is 0.431 bits per heavy atom. The van der Waals surface area contributed by atoms with Crippen LogP contribution in [-0.4, -0.2) is 242 Å². The van der Waals surface area contributed by atoms with E-state index in [1.165, 1.54) is 175 Å². The first-order chi connectivity index (χ1) is 64.9. The van der Waals surface area contributed by atoms with Gasteiger partial charge in [0.1, 0.15) is 52.4 Å². The van der Waals surface area contributed by atoms with Crippen LogP contribution in [0.5, 0.6) is 0 Å². The van der Waals surface area contributed by atoms with Crippen molar-refractivity contribution >= 4 is 245 Å². The molecule has 0 N–H and O–H groups in total. The van der Waals surface area contributed by atoms with Gasteiger partial charge in [0.2, 0.25) is 6.20 Å². The molecule has 6 fully saturated rings. The minimum atomic E-state index is -0.574. The molecular formula is C96H128B31N10+6. The third-order valence-electron chi connectivity index (χ3n) is 28.3. The zero-order chi connectivity index (χ0) is 101. The van der Waals surface area contributed by atoms with Crippen molar-refractivity contribution in [2.45, 2.75) is 213 Å². The van der Waals surface area contributed by atoms with Crippen LogP contribution >= 0.6 is 0 Å². The molecule has 2 saturated carbocycles. The maximum atomic E-state index is 5.25. The van der Waals surface area contributed by atoms with E-state index in [2.05, 4.69) is 412 Å². The molecule has 41 heteroatoms. The first-order valence-electron chi connectivity index (χ1n) is 50.1. The van der Waals surface area contributed by atoms with E-state index in [1.54, 1.807) is 0 Å². The SMILES string of the molecule is CB1CC1c1cccc[n+]1C.CC(C)Cc1ccc2c[n+](C)c(C3BC3C)cc2c1.CC(C)c1cc(-c2ccccc2)cc(C(C)C)c1-n1cc[n+](C)c1C1BC1C.CC(C)c1cccc(C(C)C)c1-n1c(C2CC2C)[n+](C)c2ccccc21.CC1BC1n1ccc[n+]1C.CC1CC1n1cc(-c2ccccc2)c[n+]1C.[B][B]B(B([B])[B])B([B])[B].[B][B]B(B([B])[B])B([B])[B].[B][B]B(B([B])[B])B([B])[B]. The van der Waals surface area contributed by atoms with E-state index in [-0.39, 0.29) is 19.2 Å². The molecule has 6 aromatic carbocycles. The quantitative estimate of drug-likeness (QED) is 0.0411. The summed E-state index contributed by atoms with van der Waals surface area (Å²) in [7, 11) is 99.3. The summed E-state index contributed by atoms with van der Waals surface area (Å²) in [6.07, 6.45) is 18.4. The topological polar surface area (TPSA) is 43.0 Å². The smallest absolute Gasteiger partial charge is 0.237 e. The number of hydrogen-bond donors (Lipinski definition) is 0. The Labute approximate surface area is 855 Å². The molecular weight excluding hydrogens is 1630 g/mol. The monoisotopic (exact) mass is 1760 g/mol. The molecule has 11 unspecified atom stereocenters.